The Morgan fingerprint density at radius 2 is 1.40 bits per heavy atom. The molecule has 4 heteroatoms. The Morgan fingerprint density at radius 3 is 2.03 bits per heavy atom. The maximum absolute atomic E-state index is 14.5. The molecule has 0 amide bonds. The molecule has 0 atom stereocenters. The van der Waals surface area contributed by atoms with Gasteiger partial charge in [-0.3, -0.25) is 0 Å². The van der Waals surface area contributed by atoms with Crippen molar-refractivity contribution in [2.24, 2.45) is 0 Å². The van der Waals surface area contributed by atoms with Crippen LogP contribution >= 0.6 is 0 Å². The molecule has 3 aromatic carbocycles. The summed E-state index contributed by atoms with van der Waals surface area (Å²) in [7, 11) is 0. The van der Waals surface area contributed by atoms with Crippen LogP contribution in [-0.4, -0.2) is 0 Å². The lowest BCUT2D eigenvalue weighted by molar-refractivity contribution is 0.509. The maximum atomic E-state index is 14.5. The smallest absolute Gasteiger partial charge is 0.159 e. The lowest BCUT2D eigenvalue weighted by atomic mass is 10.00. The third-order valence-corrected chi connectivity index (χ3v) is 4.96. The summed E-state index contributed by atoms with van der Waals surface area (Å²) >= 11 is 0. The predicted molar refractivity (Wildman–Crippen MR) is 112 cm³/mol. The molecule has 0 aliphatic rings. The molecule has 0 unspecified atom stereocenters. The molecule has 0 aliphatic carbocycles. The van der Waals surface area contributed by atoms with Crippen molar-refractivity contribution < 1.29 is 17.6 Å². The van der Waals surface area contributed by atoms with E-state index >= 15 is 0 Å². The van der Waals surface area contributed by atoms with E-state index in [0.29, 0.717) is 16.7 Å². The number of hydrogen-bond acceptors (Lipinski definition) is 0. The van der Waals surface area contributed by atoms with Gasteiger partial charge < -0.3 is 0 Å². The highest BCUT2D eigenvalue weighted by Gasteiger charge is 2.09. The van der Waals surface area contributed by atoms with Crippen molar-refractivity contribution in [3.63, 3.8) is 0 Å². The summed E-state index contributed by atoms with van der Waals surface area (Å²) in [4.78, 5) is 0. The number of rotatable bonds is 5. The van der Waals surface area contributed by atoms with Gasteiger partial charge in [0.15, 0.2) is 11.6 Å². The summed E-state index contributed by atoms with van der Waals surface area (Å²) in [6, 6.07) is 11.0. The summed E-state index contributed by atoms with van der Waals surface area (Å²) in [5.41, 5.74) is 2.76. The van der Waals surface area contributed by atoms with Crippen LogP contribution in [0.1, 0.15) is 48.4 Å². The molecule has 3 rings (SSSR count). The number of hydrogen-bond donors (Lipinski definition) is 0. The van der Waals surface area contributed by atoms with E-state index in [2.05, 4.69) is 18.8 Å². The first-order valence-corrected chi connectivity index (χ1v) is 9.95. The van der Waals surface area contributed by atoms with Crippen LogP contribution in [0.25, 0.3) is 11.1 Å². The minimum atomic E-state index is -0.999. The van der Waals surface area contributed by atoms with Crippen molar-refractivity contribution in [2.45, 2.75) is 39.5 Å². The van der Waals surface area contributed by atoms with Crippen LogP contribution < -0.4 is 0 Å². The lowest BCUT2D eigenvalue weighted by Gasteiger charge is -2.06. The first kappa shape index (κ1) is 21.6. The standard InChI is InChI=1S/C26H22F4/c1-3-4-5-6-18-13-17(2)22(25(29)14-18)11-9-19-7-8-20(15-24(19)28)21-10-12-23(27)26(30)16-21/h7-8,10,12-16H,3-6H2,1-2H3. The number of unbranched alkanes of at least 4 members (excludes halogenated alkanes) is 2. The van der Waals surface area contributed by atoms with Crippen molar-refractivity contribution in [2.75, 3.05) is 0 Å². The molecule has 0 fully saturated rings. The van der Waals surface area contributed by atoms with Crippen LogP contribution in [-0.2, 0) is 6.42 Å². The molecule has 0 heterocycles. The van der Waals surface area contributed by atoms with Crippen molar-refractivity contribution in [1.29, 1.82) is 0 Å². The molecule has 3 aromatic rings. The van der Waals surface area contributed by atoms with Crippen LogP contribution in [0.3, 0.4) is 0 Å². The Kier molecular flexibility index (Phi) is 6.95. The zero-order valence-electron chi connectivity index (χ0n) is 17.0. The quantitative estimate of drug-likeness (QED) is 0.234. The Bertz CT molecular complexity index is 1100. The molecular formula is C26H22F4. The van der Waals surface area contributed by atoms with Gasteiger partial charge in [-0.15, -0.1) is 0 Å². The van der Waals surface area contributed by atoms with E-state index in [9.17, 15) is 17.6 Å². The fourth-order valence-electron chi connectivity index (χ4n) is 3.30. The van der Waals surface area contributed by atoms with Gasteiger partial charge in [-0.1, -0.05) is 49.8 Å². The molecule has 30 heavy (non-hydrogen) atoms. The molecule has 0 bridgehead atoms. The Labute approximate surface area is 174 Å². The van der Waals surface area contributed by atoms with Crippen LogP contribution in [0.2, 0.25) is 0 Å². The number of aryl methyl sites for hydroxylation is 2. The van der Waals surface area contributed by atoms with Crippen molar-refractivity contribution in [3.05, 3.63) is 94.1 Å². The summed E-state index contributed by atoms with van der Waals surface area (Å²) in [6.07, 6.45) is 4.03. The van der Waals surface area contributed by atoms with Gasteiger partial charge in [0.2, 0.25) is 0 Å². The number of halogens is 4. The highest BCUT2D eigenvalue weighted by molar-refractivity contribution is 5.65. The third-order valence-electron chi connectivity index (χ3n) is 4.96. The summed E-state index contributed by atoms with van der Waals surface area (Å²) in [5, 5.41) is 0. The van der Waals surface area contributed by atoms with Gasteiger partial charge in [0.25, 0.3) is 0 Å². The normalized spacial score (nSPS) is 10.6. The highest BCUT2D eigenvalue weighted by atomic mass is 19.2. The second-order valence-electron chi connectivity index (χ2n) is 7.30. The Hall–Kier alpha value is -3.06. The zero-order valence-corrected chi connectivity index (χ0v) is 17.0. The van der Waals surface area contributed by atoms with E-state index in [1.807, 2.05) is 6.07 Å². The first-order valence-electron chi connectivity index (χ1n) is 9.95. The second kappa shape index (κ2) is 9.63. The summed E-state index contributed by atoms with van der Waals surface area (Å²) in [5.74, 6) is 2.43. The highest BCUT2D eigenvalue weighted by Crippen LogP contribution is 2.24. The summed E-state index contributed by atoms with van der Waals surface area (Å²) in [6.45, 7) is 3.91. The molecule has 0 radical (unpaired) electrons. The minimum absolute atomic E-state index is 0.104. The van der Waals surface area contributed by atoms with Gasteiger partial charge >= 0.3 is 0 Å². The van der Waals surface area contributed by atoms with Gasteiger partial charge in [0.05, 0.1) is 11.1 Å². The second-order valence-corrected chi connectivity index (χ2v) is 7.30. The third kappa shape index (κ3) is 5.10. The van der Waals surface area contributed by atoms with Crippen LogP contribution in [0.15, 0.2) is 48.5 Å². The molecule has 0 saturated heterocycles. The fourth-order valence-corrected chi connectivity index (χ4v) is 3.30. The van der Waals surface area contributed by atoms with Crippen LogP contribution in [0.5, 0.6) is 0 Å². The Morgan fingerprint density at radius 1 is 0.700 bits per heavy atom. The van der Waals surface area contributed by atoms with Gasteiger partial charge in [0.1, 0.15) is 11.6 Å². The average Bonchev–Trinajstić information content (AvgIpc) is 2.70. The molecule has 0 N–H and O–H groups in total. The average molecular weight is 410 g/mol. The lowest BCUT2D eigenvalue weighted by Crippen LogP contribution is -1.95. The van der Waals surface area contributed by atoms with E-state index in [1.165, 1.54) is 24.3 Å². The van der Waals surface area contributed by atoms with Crippen LogP contribution in [0.4, 0.5) is 17.6 Å². The monoisotopic (exact) mass is 410 g/mol. The molecular weight excluding hydrogens is 388 g/mol. The molecule has 0 saturated carbocycles. The topological polar surface area (TPSA) is 0 Å². The predicted octanol–water partition coefficient (Wildman–Crippen LogP) is 7.35. The van der Waals surface area contributed by atoms with Gasteiger partial charge in [0, 0.05) is 0 Å². The molecule has 0 aliphatic heterocycles. The van der Waals surface area contributed by atoms with Crippen LogP contribution in [0, 0.1) is 42.0 Å². The largest absolute Gasteiger partial charge is 0.206 e. The summed E-state index contributed by atoms with van der Waals surface area (Å²) < 4.78 is 55.5. The minimum Gasteiger partial charge on any atom is -0.206 e. The van der Waals surface area contributed by atoms with Crippen molar-refractivity contribution in [1.82, 2.24) is 0 Å². The number of benzene rings is 3. The first-order chi connectivity index (χ1) is 14.4. The molecule has 154 valence electrons. The van der Waals surface area contributed by atoms with E-state index in [4.69, 9.17) is 0 Å². The fraction of sp³-hybridized carbons (Fsp3) is 0.231. The maximum Gasteiger partial charge on any atom is 0.159 e. The van der Waals surface area contributed by atoms with Gasteiger partial charge in [-0.2, -0.15) is 0 Å². The SMILES string of the molecule is CCCCCc1cc(C)c(C#Cc2ccc(-c3ccc(F)c(F)c3)cc2F)c(F)c1. The van der Waals surface area contributed by atoms with Gasteiger partial charge in [-0.25, -0.2) is 17.6 Å². The van der Waals surface area contributed by atoms with Crippen molar-refractivity contribution in [3.8, 4) is 23.0 Å². The molecule has 0 aromatic heterocycles. The molecule has 0 nitrogen and oxygen atoms in total. The van der Waals surface area contributed by atoms with E-state index < -0.39 is 23.3 Å². The van der Waals surface area contributed by atoms with Gasteiger partial charge in [-0.05, 0) is 72.4 Å². The van der Waals surface area contributed by atoms with E-state index in [1.54, 1.807) is 13.0 Å². The zero-order chi connectivity index (χ0) is 21.7. The van der Waals surface area contributed by atoms with Crippen molar-refractivity contribution >= 4 is 0 Å². The van der Waals surface area contributed by atoms with E-state index in [0.717, 1.165) is 43.4 Å². The van der Waals surface area contributed by atoms with E-state index in [-0.39, 0.29) is 11.1 Å². The Balaban J connectivity index is 1.85. The molecule has 0 spiro atoms.